The number of alkyl halides is 2. The molecule has 1 rings (SSSR count). The Balaban J connectivity index is 2.39. The molecule has 0 radical (unpaired) electrons. The van der Waals surface area contributed by atoms with E-state index in [4.69, 9.17) is 5.73 Å². The topological polar surface area (TPSA) is 26.0 Å². The first kappa shape index (κ1) is 8.91. The van der Waals surface area contributed by atoms with Crippen molar-refractivity contribution < 1.29 is 8.78 Å². The molecule has 0 spiro atoms. The van der Waals surface area contributed by atoms with Gasteiger partial charge >= 0.3 is 0 Å². The average Bonchev–Trinajstić information content (AvgIpc) is 2.65. The lowest BCUT2D eigenvalue weighted by Crippen LogP contribution is -2.43. The van der Waals surface area contributed by atoms with Crippen molar-refractivity contribution in [2.75, 3.05) is 0 Å². The lowest BCUT2D eigenvalue weighted by atomic mass is 10.0. The van der Waals surface area contributed by atoms with Gasteiger partial charge in [0.2, 0.25) is 0 Å². The normalized spacial score (nSPS) is 21.8. The Morgan fingerprint density at radius 2 is 2.00 bits per heavy atom. The molecule has 0 heterocycles. The predicted molar refractivity (Wildman–Crippen MR) is 40.6 cm³/mol. The molecular weight excluding hydrogens is 148 g/mol. The fourth-order valence-electron chi connectivity index (χ4n) is 1.15. The van der Waals surface area contributed by atoms with Gasteiger partial charge in [-0.05, 0) is 19.3 Å². The Labute approximate surface area is 66.0 Å². The molecule has 0 aliphatic heterocycles. The molecule has 0 aromatic carbocycles. The van der Waals surface area contributed by atoms with E-state index in [9.17, 15) is 8.78 Å². The van der Waals surface area contributed by atoms with Crippen LogP contribution in [0.2, 0.25) is 0 Å². The third kappa shape index (κ3) is 1.70. The third-order valence-electron chi connectivity index (χ3n) is 2.36. The molecule has 1 saturated carbocycles. The smallest absolute Gasteiger partial charge is 0.265 e. The highest BCUT2D eigenvalue weighted by Crippen LogP contribution is 2.48. The van der Waals surface area contributed by atoms with Crippen LogP contribution in [0.15, 0.2) is 0 Å². The van der Waals surface area contributed by atoms with Crippen molar-refractivity contribution in [3.8, 4) is 0 Å². The number of nitrogens with two attached hydrogens (primary N) is 1. The summed E-state index contributed by atoms with van der Waals surface area (Å²) in [6.45, 7) is 1.91. The van der Waals surface area contributed by atoms with Crippen molar-refractivity contribution in [3.05, 3.63) is 0 Å². The van der Waals surface area contributed by atoms with Gasteiger partial charge in [0.1, 0.15) is 0 Å². The maximum Gasteiger partial charge on any atom is 0.265 e. The molecule has 2 N–H and O–H groups in total. The van der Waals surface area contributed by atoms with Crippen molar-refractivity contribution in [2.24, 2.45) is 5.73 Å². The molecule has 11 heavy (non-hydrogen) atoms. The molecule has 1 aliphatic carbocycles. The standard InChI is InChI=1S/C8H15F2N/c1-2-3-4-8(9,10)7(11)5-6-7/h2-6,11H2,1H3. The predicted octanol–water partition coefficient (Wildman–Crippen LogP) is 2.30. The quantitative estimate of drug-likeness (QED) is 0.676. The van der Waals surface area contributed by atoms with Gasteiger partial charge in [-0.3, -0.25) is 0 Å². The molecule has 66 valence electrons. The maximum atomic E-state index is 13.1. The van der Waals surface area contributed by atoms with Crippen LogP contribution in [0.5, 0.6) is 0 Å². The summed E-state index contributed by atoms with van der Waals surface area (Å²) in [5.41, 5.74) is 4.28. The van der Waals surface area contributed by atoms with E-state index in [1.165, 1.54) is 0 Å². The zero-order chi connectivity index (χ0) is 8.54. The maximum absolute atomic E-state index is 13.1. The highest BCUT2D eigenvalue weighted by atomic mass is 19.3. The fraction of sp³-hybridized carbons (Fsp3) is 1.00. The first-order valence-electron chi connectivity index (χ1n) is 4.18. The largest absolute Gasteiger partial charge is 0.320 e. The van der Waals surface area contributed by atoms with Gasteiger partial charge in [0.25, 0.3) is 5.92 Å². The molecule has 0 aromatic heterocycles. The molecule has 0 unspecified atom stereocenters. The van der Waals surface area contributed by atoms with Gasteiger partial charge in [-0.25, -0.2) is 8.78 Å². The Hall–Kier alpha value is -0.180. The van der Waals surface area contributed by atoms with Crippen molar-refractivity contribution in [3.63, 3.8) is 0 Å². The van der Waals surface area contributed by atoms with Crippen LogP contribution in [0.3, 0.4) is 0 Å². The Bertz CT molecular complexity index is 141. The second-order valence-corrected chi connectivity index (χ2v) is 3.46. The molecule has 1 aliphatic rings. The highest BCUT2D eigenvalue weighted by molar-refractivity contribution is 5.08. The van der Waals surface area contributed by atoms with Gasteiger partial charge in [-0.1, -0.05) is 13.3 Å². The Morgan fingerprint density at radius 1 is 1.45 bits per heavy atom. The van der Waals surface area contributed by atoms with E-state index in [-0.39, 0.29) is 6.42 Å². The molecule has 1 nitrogen and oxygen atoms in total. The van der Waals surface area contributed by atoms with Gasteiger partial charge < -0.3 is 5.73 Å². The number of hydrogen-bond donors (Lipinski definition) is 1. The van der Waals surface area contributed by atoms with E-state index in [1.807, 2.05) is 6.92 Å². The zero-order valence-electron chi connectivity index (χ0n) is 6.87. The summed E-state index contributed by atoms with van der Waals surface area (Å²) in [6, 6.07) is 0. The molecule has 1 fully saturated rings. The number of hydrogen-bond acceptors (Lipinski definition) is 1. The second-order valence-electron chi connectivity index (χ2n) is 3.46. The van der Waals surface area contributed by atoms with Crippen LogP contribution in [0, 0.1) is 0 Å². The molecule has 0 saturated heterocycles. The fourth-order valence-corrected chi connectivity index (χ4v) is 1.15. The van der Waals surface area contributed by atoms with Crippen LogP contribution in [0.25, 0.3) is 0 Å². The van der Waals surface area contributed by atoms with Gasteiger partial charge in [-0.2, -0.15) is 0 Å². The summed E-state index contributed by atoms with van der Waals surface area (Å²) in [7, 11) is 0. The summed E-state index contributed by atoms with van der Waals surface area (Å²) in [5, 5.41) is 0. The lowest BCUT2D eigenvalue weighted by molar-refractivity contribution is -0.0450. The lowest BCUT2D eigenvalue weighted by Gasteiger charge is -2.22. The van der Waals surface area contributed by atoms with Gasteiger partial charge in [0, 0.05) is 6.42 Å². The first-order valence-corrected chi connectivity index (χ1v) is 4.18. The Morgan fingerprint density at radius 3 is 2.36 bits per heavy atom. The number of rotatable bonds is 4. The summed E-state index contributed by atoms with van der Waals surface area (Å²) in [5.74, 6) is -2.62. The molecule has 0 atom stereocenters. The first-order chi connectivity index (χ1) is 5.02. The van der Waals surface area contributed by atoms with Gasteiger partial charge in [0.15, 0.2) is 0 Å². The van der Waals surface area contributed by atoms with E-state index in [0.29, 0.717) is 19.3 Å². The number of halogens is 2. The van der Waals surface area contributed by atoms with Crippen LogP contribution < -0.4 is 5.73 Å². The third-order valence-corrected chi connectivity index (χ3v) is 2.36. The van der Waals surface area contributed by atoms with Crippen molar-refractivity contribution >= 4 is 0 Å². The van der Waals surface area contributed by atoms with Gasteiger partial charge in [-0.15, -0.1) is 0 Å². The summed E-state index contributed by atoms with van der Waals surface area (Å²) in [6.07, 6.45) is 2.32. The zero-order valence-corrected chi connectivity index (χ0v) is 6.87. The molecular formula is C8H15F2N. The van der Waals surface area contributed by atoms with Crippen LogP contribution in [-0.4, -0.2) is 11.5 Å². The molecule has 0 bridgehead atoms. The van der Waals surface area contributed by atoms with Crippen LogP contribution in [0.4, 0.5) is 8.78 Å². The van der Waals surface area contributed by atoms with Gasteiger partial charge in [0.05, 0.1) is 5.54 Å². The average molecular weight is 163 g/mol. The van der Waals surface area contributed by atoms with Crippen LogP contribution in [-0.2, 0) is 0 Å². The summed E-state index contributed by atoms with van der Waals surface area (Å²) < 4.78 is 26.1. The van der Waals surface area contributed by atoms with Crippen molar-refractivity contribution in [2.45, 2.75) is 50.5 Å². The molecule has 3 heteroatoms. The number of unbranched alkanes of at least 4 members (excludes halogenated alkanes) is 1. The van der Waals surface area contributed by atoms with Crippen molar-refractivity contribution in [1.82, 2.24) is 0 Å². The highest BCUT2D eigenvalue weighted by Gasteiger charge is 2.58. The van der Waals surface area contributed by atoms with E-state index in [0.717, 1.165) is 6.42 Å². The second kappa shape index (κ2) is 2.70. The van der Waals surface area contributed by atoms with E-state index >= 15 is 0 Å². The summed E-state index contributed by atoms with van der Waals surface area (Å²) in [4.78, 5) is 0. The van der Waals surface area contributed by atoms with Crippen LogP contribution >= 0.6 is 0 Å². The summed E-state index contributed by atoms with van der Waals surface area (Å²) >= 11 is 0. The molecule has 0 amide bonds. The van der Waals surface area contributed by atoms with E-state index in [2.05, 4.69) is 0 Å². The van der Waals surface area contributed by atoms with E-state index < -0.39 is 11.5 Å². The monoisotopic (exact) mass is 163 g/mol. The molecule has 0 aromatic rings. The minimum absolute atomic E-state index is 0.0417. The minimum Gasteiger partial charge on any atom is -0.320 e. The van der Waals surface area contributed by atoms with Crippen molar-refractivity contribution in [1.29, 1.82) is 0 Å². The van der Waals surface area contributed by atoms with E-state index in [1.54, 1.807) is 0 Å². The van der Waals surface area contributed by atoms with Crippen LogP contribution in [0.1, 0.15) is 39.0 Å². The Kier molecular flexibility index (Phi) is 2.19. The SMILES string of the molecule is CCCCC(F)(F)C1(N)CC1. The minimum atomic E-state index is -2.62.